The molecule has 0 bridgehead atoms. The highest BCUT2D eigenvalue weighted by Gasteiger charge is 2.31. The van der Waals surface area contributed by atoms with Gasteiger partial charge in [0.2, 0.25) is 5.75 Å². The Morgan fingerprint density at radius 3 is 2.14 bits per heavy atom. The maximum Gasteiger partial charge on any atom is 0.573 e. The monoisotopic (exact) mass is 535 g/mol. The summed E-state index contributed by atoms with van der Waals surface area (Å²) in [5, 5.41) is 0.333. The maximum atomic E-state index is 13.6. The van der Waals surface area contributed by atoms with E-state index in [1.165, 1.54) is 56.6 Å². The lowest BCUT2D eigenvalue weighted by Gasteiger charge is -2.23. The molecule has 0 fully saturated rings. The molecule has 0 aliphatic heterocycles. The van der Waals surface area contributed by atoms with E-state index in [1.54, 1.807) is 0 Å². The van der Waals surface area contributed by atoms with Gasteiger partial charge in [0, 0.05) is 24.7 Å². The summed E-state index contributed by atoms with van der Waals surface area (Å²) in [6.45, 7) is 0.808. The molecule has 0 N–H and O–H groups in total. The summed E-state index contributed by atoms with van der Waals surface area (Å²) in [6.07, 6.45) is -4.80. The molecule has 8 nitrogen and oxygen atoms in total. The molecule has 2 aromatic carbocycles. The zero-order valence-electron chi connectivity index (χ0n) is 19.6. The van der Waals surface area contributed by atoms with Crippen molar-refractivity contribution in [2.45, 2.75) is 6.36 Å². The number of likely N-dealkylation sites (N-methyl/N-ethyl adjacent to an activating group) is 1. The number of hydrogen-bond acceptors (Lipinski definition) is 8. The Labute approximate surface area is 210 Å². The molecule has 1 amide bonds. The van der Waals surface area contributed by atoms with Crippen molar-refractivity contribution in [1.29, 1.82) is 0 Å². The fraction of sp³-hybridized carbons (Fsp3) is 0.364. The second kappa shape index (κ2) is 11.6. The van der Waals surface area contributed by atoms with Crippen LogP contribution in [0, 0.1) is 0 Å². The number of fused-ring (bicyclic) bond motifs is 1. The molecule has 0 aliphatic rings. The van der Waals surface area contributed by atoms with Crippen molar-refractivity contribution < 1.29 is 36.9 Å². The first kappa shape index (κ1) is 28.3. The van der Waals surface area contributed by atoms with Crippen LogP contribution in [0.2, 0.25) is 0 Å². The Balaban J connectivity index is 0.00000432. The van der Waals surface area contributed by atoms with Gasteiger partial charge >= 0.3 is 6.36 Å². The second-order valence-corrected chi connectivity index (χ2v) is 8.36. The summed E-state index contributed by atoms with van der Waals surface area (Å²) in [4.78, 5) is 21.4. The topological polar surface area (TPSA) is 73.4 Å². The number of anilines is 1. The molecule has 1 aromatic heterocycles. The molecule has 0 saturated heterocycles. The number of halogens is 4. The largest absolute Gasteiger partial charge is 0.573 e. The molecule has 0 aliphatic carbocycles. The van der Waals surface area contributed by atoms with Crippen molar-refractivity contribution in [2.75, 3.05) is 53.4 Å². The van der Waals surface area contributed by atoms with E-state index in [9.17, 15) is 18.0 Å². The normalized spacial score (nSPS) is 11.2. The summed E-state index contributed by atoms with van der Waals surface area (Å²) >= 11 is 1.09. The number of ether oxygens (including phenoxy) is 4. The van der Waals surface area contributed by atoms with E-state index in [1.807, 2.05) is 19.0 Å². The van der Waals surface area contributed by atoms with Crippen molar-refractivity contribution in [1.82, 2.24) is 9.88 Å². The van der Waals surface area contributed by atoms with Crippen molar-refractivity contribution in [3.63, 3.8) is 0 Å². The van der Waals surface area contributed by atoms with Crippen molar-refractivity contribution in [2.24, 2.45) is 0 Å². The first-order valence-electron chi connectivity index (χ1n) is 9.99. The third kappa shape index (κ3) is 6.80. The number of amides is 1. The van der Waals surface area contributed by atoms with E-state index in [0.29, 0.717) is 39.1 Å². The highest BCUT2D eigenvalue weighted by atomic mass is 35.5. The van der Waals surface area contributed by atoms with Crippen LogP contribution in [0.1, 0.15) is 10.4 Å². The Morgan fingerprint density at radius 2 is 1.63 bits per heavy atom. The average molecular weight is 536 g/mol. The van der Waals surface area contributed by atoms with Gasteiger partial charge in [0.05, 0.1) is 31.5 Å². The highest BCUT2D eigenvalue weighted by molar-refractivity contribution is 7.22. The smallest absolute Gasteiger partial charge is 0.493 e. The number of hydrogen-bond donors (Lipinski definition) is 0. The lowest BCUT2D eigenvalue weighted by atomic mass is 10.1. The van der Waals surface area contributed by atoms with Gasteiger partial charge < -0.3 is 23.8 Å². The van der Waals surface area contributed by atoms with Crippen LogP contribution >= 0.6 is 23.7 Å². The lowest BCUT2D eigenvalue weighted by molar-refractivity contribution is -0.274. The summed E-state index contributed by atoms with van der Waals surface area (Å²) in [5.74, 6) is 0.239. The molecule has 3 rings (SSSR count). The average Bonchev–Trinajstić information content (AvgIpc) is 3.19. The van der Waals surface area contributed by atoms with Crippen LogP contribution < -0.4 is 23.8 Å². The van der Waals surface area contributed by atoms with Crippen LogP contribution in [0.15, 0.2) is 30.3 Å². The van der Waals surface area contributed by atoms with Gasteiger partial charge in [-0.15, -0.1) is 25.6 Å². The zero-order valence-corrected chi connectivity index (χ0v) is 21.3. The molecule has 13 heteroatoms. The van der Waals surface area contributed by atoms with Crippen molar-refractivity contribution >= 4 is 45.0 Å². The van der Waals surface area contributed by atoms with E-state index >= 15 is 0 Å². The molecule has 0 spiro atoms. The molecule has 1 heterocycles. The third-order valence-electron chi connectivity index (χ3n) is 4.74. The predicted octanol–water partition coefficient (Wildman–Crippen LogP) is 4.85. The minimum Gasteiger partial charge on any atom is -0.493 e. The number of nitrogens with zero attached hydrogens (tertiary/aromatic N) is 3. The standard InChI is InChI=1S/C22H24F3N3O5S.ClH/c1-27(2)8-9-28(20(29)13-10-16(30-3)19(32-5)17(11-13)31-4)21-26-15-7-6-14(12-18(15)34-21)33-22(23,24)25;/h6-7,10-12H,8-9H2,1-5H3;1H. The van der Waals surface area contributed by atoms with Crippen LogP contribution in [0.25, 0.3) is 10.2 Å². The van der Waals surface area contributed by atoms with Crippen LogP contribution in [0.4, 0.5) is 18.3 Å². The molecule has 35 heavy (non-hydrogen) atoms. The van der Waals surface area contributed by atoms with Gasteiger partial charge in [0.1, 0.15) is 5.75 Å². The zero-order chi connectivity index (χ0) is 25.0. The minimum absolute atomic E-state index is 0. The van der Waals surface area contributed by atoms with E-state index in [4.69, 9.17) is 14.2 Å². The van der Waals surface area contributed by atoms with Gasteiger partial charge in [-0.25, -0.2) is 4.98 Å². The van der Waals surface area contributed by atoms with E-state index < -0.39 is 6.36 Å². The number of alkyl halides is 3. The molecule has 0 atom stereocenters. The Hall–Kier alpha value is -2.96. The van der Waals surface area contributed by atoms with Gasteiger partial charge in [-0.2, -0.15) is 0 Å². The summed E-state index contributed by atoms with van der Waals surface area (Å²) in [6, 6.07) is 6.93. The quantitative estimate of drug-likeness (QED) is 0.388. The number of methoxy groups -OCH3 is 3. The molecular formula is C22H25ClF3N3O5S. The number of aromatic nitrogens is 1. The van der Waals surface area contributed by atoms with Gasteiger partial charge in [-0.05, 0) is 38.4 Å². The van der Waals surface area contributed by atoms with E-state index in [0.717, 1.165) is 11.3 Å². The number of benzene rings is 2. The second-order valence-electron chi connectivity index (χ2n) is 7.35. The molecule has 0 saturated carbocycles. The van der Waals surface area contributed by atoms with Crippen molar-refractivity contribution in [3.05, 3.63) is 35.9 Å². The molecular weight excluding hydrogens is 511 g/mol. The molecule has 3 aromatic rings. The molecule has 192 valence electrons. The Kier molecular flexibility index (Phi) is 9.41. The van der Waals surface area contributed by atoms with Crippen LogP contribution in [0.3, 0.4) is 0 Å². The summed E-state index contributed by atoms with van der Waals surface area (Å²) in [5.41, 5.74) is 0.718. The maximum absolute atomic E-state index is 13.6. The summed E-state index contributed by atoms with van der Waals surface area (Å²) < 4.78 is 58.3. The molecule has 0 unspecified atom stereocenters. The minimum atomic E-state index is -4.80. The highest BCUT2D eigenvalue weighted by Crippen LogP contribution is 2.39. The number of rotatable bonds is 9. The van der Waals surface area contributed by atoms with Gasteiger partial charge in [-0.3, -0.25) is 9.69 Å². The number of thiazole rings is 1. The van der Waals surface area contributed by atoms with E-state index in [-0.39, 0.29) is 36.2 Å². The van der Waals surface area contributed by atoms with Crippen LogP contribution in [0.5, 0.6) is 23.0 Å². The number of carbonyl (C=O) groups excluding carboxylic acids is 1. The van der Waals surface area contributed by atoms with Crippen molar-refractivity contribution in [3.8, 4) is 23.0 Å². The first-order valence-corrected chi connectivity index (χ1v) is 10.8. The summed E-state index contributed by atoms with van der Waals surface area (Å²) in [7, 11) is 8.08. The third-order valence-corrected chi connectivity index (χ3v) is 5.78. The molecule has 0 radical (unpaired) electrons. The van der Waals surface area contributed by atoms with Gasteiger partial charge in [0.25, 0.3) is 5.91 Å². The van der Waals surface area contributed by atoms with Gasteiger partial charge in [-0.1, -0.05) is 11.3 Å². The number of carbonyl (C=O) groups is 1. The van der Waals surface area contributed by atoms with Crippen LogP contribution in [-0.2, 0) is 0 Å². The van der Waals surface area contributed by atoms with Gasteiger partial charge in [0.15, 0.2) is 16.6 Å². The SMILES string of the molecule is COc1cc(C(=O)N(CCN(C)C)c2nc3ccc(OC(F)(F)F)cc3s2)cc(OC)c1OC.Cl. The van der Waals surface area contributed by atoms with Crippen LogP contribution in [-0.4, -0.2) is 70.7 Å². The van der Waals surface area contributed by atoms with E-state index in [2.05, 4.69) is 9.72 Å². The Morgan fingerprint density at radius 1 is 1.00 bits per heavy atom. The first-order chi connectivity index (χ1) is 16.1. The lowest BCUT2D eigenvalue weighted by Crippen LogP contribution is -2.36. The Bertz CT molecular complexity index is 1150. The fourth-order valence-corrected chi connectivity index (χ4v) is 4.17. The predicted molar refractivity (Wildman–Crippen MR) is 130 cm³/mol. The fourth-order valence-electron chi connectivity index (χ4n) is 3.15.